The number of anilines is 1. The first-order valence-electron chi connectivity index (χ1n) is 6.79. The summed E-state index contributed by atoms with van der Waals surface area (Å²) in [4.78, 5) is 18.1. The maximum atomic E-state index is 12.0. The summed E-state index contributed by atoms with van der Waals surface area (Å²) in [5, 5.41) is 6.03. The summed E-state index contributed by atoms with van der Waals surface area (Å²) in [6.45, 7) is 1.96. The molecule has 0 aliphatic rings. The van der Waals surface area contributed by atoms with Crippen LogP contribution in [0.15, 0.2) is 41.3 Å². The summed E-state index contributed by atoms with van der Waals surface area (Å²) < 4.78 is 5.24. The molecule has 112 valence electrons. The predicted octanol–water partition coefficient (Wildman–Crippen LogP) is 1.58. The molecule has 0 aliphatic carbocycles. The summed E-state index contributed by atoms with van der Waals surface area (Å²) >= 11 is 0. The SMILES string of the molecule is CN(C)CCNC(=O)c1cncc(NCc2ccco2)c1. The van der Waals surface area contributed by atoms with Crippen molar-refractivity contribution in [2.75, 3.05) is 32.5 Å². The number of carbonyl (C=O) groups excluding carboxylic acids is 1. The van der Waals surface area contributed by atoms with Crippen LogP contribution >= 0.6 is 0 Å². The van der Waals surface area contributed by atoms with E-state index in [-0.39, 0.29) is 5.91 Å². The maximum absolute atomic E-state index is 12.0. The van der Waals surface area contributed by atoms with Crippen LogP contribution in [0.5, 0.6) is 0 Å². The molecule has 0 spiro atoms. The van der Waals surface area contributed by atoms with Gasteiger partial charge in [0.05, 0.1) is 24.1 Å². The van der Waals surface area contributed by atoms with Crippen LogP contribution in [0.1, 0.15) is 16.1 Å². The second-order valence-electron chi connectivity index (χ2n) is 4.95. The maximum Gasteiger partial charge on any atom is 0.252 e. The Labute approximate surface area is 124 Å². The van der Waals surface area contributed by atoms with Gasteiger partial charge in [-0.3, -0.25) is 9.78 Å². The molecular weight excluding hydrogens is 268 g/mol. The number of hydrogen-bond donors (Lipinski definition) is 2. The van der Waals surface area contributed by atoms with Gasteiger partial charge in [-0.25, -0.2) is 0 Å². The highest BCUT2D eigenvalue weighted by Crippen LogP contribution is 2.10. The summed E-state index contributed by atoms with van der Waals surface area (Å²) in [5.41, 5.74) is 1.32. The van der Waals surface area contributed by atoms with Gasteiger partial charge in [-0.2, -0.15) is 0 Å². The van der Waals surface area contributed by atoms with E-state index >= 15 is 0 Å². The first-order chi connectivity index (χ1) is 10.1. The molecule has 0 unspecified atom stereocenters. The zero-order valence-corrected chi connectivity index (χ0v) is 12.3. The first kappa shape index (κ1) is 15.1. The standard InChI is InChI=1S/C15H20N4O2/c1-19(2)6-5-17-15(20)12-8-13(10-16-9-12)18-11-14-4-3-7-21-14/h3-4,7-10,18H,5-6,11H2,1-2H3,(H,17,20). The Morgan fingerprint density at radius 3 is 2.95 bits per heavy atom. The van der Waals surface area contributed by atoms with Gasteiger partial charge in [0.15, 0.2) is 0 Å². The van der Waals surface area contributed by atoms with Gasteiger partial charge < -0.3 is 20.0 Å². The molecule has 0 aromatic carbocycles. The van der Waals surface area contributed by atoms with Crippen molar-refractivity contribution >= 4 is 11.6 Å². The Kier molecular flexibility index (Phi) is 5.34. The lowest BCUT2D eigenvalue weighted by molar-refractivity contribution is 0.0950. The van der Waals surface area contributed by atoms with E-state index in [2.05, 4.69) is 15.6 Å². The fraction of sp³-hybridized carbons (Fsp3) is 0.333. The summed E-state index contributed by atoms with van der Waals surface area (Å²) in [6.07, 6.45) is 4.87. The normalized spacial score (nSPS) is 10.6. The topological polar surface area (TPSA) is 70.4 Å². The van der Waals surface area contributed by atoms with Gasteiger partial charge in [0.2, 0.25) is 0 Å². The lowest BCUT2D eigenvalue weighted by Gasteiger charge is -2.11. The minimum Gasteiger partial charge on any atom is -0.467 e. The number of amides is 1. The Balaban J connectivity index is 1.89. The van der Waals surface area contributed by atoms with Crippen molar-refractivity contribution in [3.8, 4) is 0 Å². The first-order valence-corrected chi connectivity index (χ1v) is 6.79. The second-order valence-corrected chi connectivity index (χ2v) is 4.95. The minimum atomic E-state index is -0.119. The molecule has 0 bridgehead atoms. The van der Waals surface area contributed by atoms with Crippen LogP contribution < -0.4 is 10.6 Å². The molecule has 6 heteroatoms. The van der Waals surface area contributed by atoms with E-state index in [1.54, 1.807) is 24.7 Å². The van der Waals surface area contributed by atoms with Crippen molar-refractivity contribution in [3.63, 3.8) is 0 Å². The van der Waals surface area contributed by atoms with Crippen LogP contribution in [0.3, 0.4) is 0 Å². The molecular formula is C15H20N4O2. The van der Waals surface area contributed by atoms with E-state index in [0.29, 0.717) is 18.7 Å². The number of hydrogen-bond acceptors (Lipinski definition) is 5. The van der Waals surface area contributed by atoms with Gasteiger partial charge in [0, 0.05) is 25.5 Å². The molecule has 0 saturated carbocycles. The molecule has 2 heterocycles. The molecule has 6 nitrogen and oxygen atoms in total. The third kappa shape index (κ3) is 4.92. The third-order valence-electron chi connectivity index (χ3n) is 2.89. The number of nitrogens with zero attached hydrogens (tertiary/aromatic N) is 2. The highest BCUT2D eigenvalue weighted by molar-refractivity contribution is 5.94. The molecule has 2 aromatic rings. The van der Waals surface area contributed by atoms with Crippen molar-refractivity contribution in [1.29, 1.82) is 0 Å². The zero-order chi connectivity index (χ0) is 15.1. The molecule has 0 fully saturated rings. The number of rotatable bonds is 7. The van der Waals surface area contributed by atoms with Gasteiger partial charge in [-0.1, -0.05) is 0 Å². The van der Waals surface area contributed by atoms with Gasteiger partial charge in [-0.05, 0) is 32.3 Å². The van der Waals surface area contributed by atoms with Crippen molar-refractivity contribution in [1.82, 2.24) is 15.2 Å². The van der Waals surface area contributed by atoms with Crippen molar-refractivity contribution in [3.05, 3.63) is 48.2 Å². The summed E-state index contributed by atoms with van der Waals surface area (Å²) in [7, 11) is 3.93. The monoisotopic (exact) mass is 288 g/mol. The fourth-order valence-corrected chi connectivity index (χ4v) is 1.76. The summed E-state index contributed by atoms with van der Waals surface area (Å²) in [5.74, 6) is 0.710. The third-order valence-corrected chi connectivity index (χ3v) is 2.89. The molecule has 2 rings (SSSR count). The van der Waals surface area contributed by atoms with Gasteiger partial charge in [-0.15, -0.1) is 0 Å². The van der Waals surface area contributed by atoms with Crippen LogP contribution in [-0.4, -0.2) is 43.0 Å². The minimum absolute atomic E-state index is 0.119. The molecule has 0 radical (unpaired) electrons. The van der Waals surface area contributed by atoms with Crippen LogP contribution in [0.25, 0.3) is 0 Å². The number of likely N-dealkylation sites (N-methyl/N-ethyl adjacent to an activating group) is 1. The van der Waals surface area contributed by atoms with E-state index in [1.165, 1.54) is 0 Å². The average Bonchev–Trinajstić information content (AvgIpc) is 2.98. The number of nitrogens with one attached hydrogen (secondary N) is 2. The zero-order valence-electron chi connectivity index (χ0n) is 12.3. The van der Waals surface area contributed by atoms with Crippen LogP contribution in [0.2, 0.25) is 0 Å². The number of pyridine rings is 1. The molecule has 0 aliphatic heterocycles. The quantitative estimate of drug-likeness (QED) is 0.809. The van der Waals surface area contributed by atoms with E-state index in [0.717, 1.165) is 18.0 Å². The Morgan fingerprint density at radius 1 is 1.38 bits per heavy atom. The van der Waals surface area contributed by atoms with E-state index in [9.17, 15) is 4.79 Å². The molecule has 1 amide bonds. The van der Waals surface area contributed by atoms with Crippen LogP contribution in [0.4, 0.5) is 5.69 Å². The lowest BCUT2D eigenvalue weighted by Crippen LogP contribution is -2.31. The molecule has 2 N–H and O–H groups in total. The Morgan fingerprint density at radius 2 is 2.24 bits per heavy atom. The Bertz CT molecular complexity index is 567. The lowest BCUT2D eigenvalue weighted by atomic mass is 10.2. The number of carbonyl (C=O) groups is 1. The van der Waals surface area contributed by atoms with Crippen molar-refractivity contribution in [2.45, 2.75) is 6.54 Å². The van der Waals surface area contributed by atoms with Crippen molar-refractivity contribution < 1.29 is 9.21 Å². The van der Waals surface area contributed by atoms with E-state index in [4.69, 9.17) is 4.42 Å². The molecule has 2 aromatic heterocycles. The fourth-order valence-electron chi connectivity index (χ4n) is 1.76. The van der Waals surface area contributed by atoms with Crippen LogP contribution in [-0.2, 0) is 6.54 Å². The van der Waals surface area contributed by atoms with E-state index < -0.39 is 0 Å². The van der Waals surface area contributed by atoms with Gasteiger partial charge in [0.25, 0.3) is 5.91 Å². The molecule has 21 heavy (non-hydrogen) atoms. The smallest absolute Gasteiger partial charge is 0.252 e. The summed E-state index contributed by atoms with van der Waals surface area (Å²) in [6, 6.07) is 5.50. The largest absolute Gasteiger partial charge is 0.467 e. The Hall–Kier alpha value is -2.34. The second kappa shape index (κ2) is 7.44. The predicted molar refractivity (Wildman–Crippen MR) is 81.2 cm³/mol. The van der Waals surface area contributed by atoms with Crippen molar-refractivity contribution in [2.24, 2.45) is 0 Å². The number of aromatic nitrogens is 1. The molecule has 0 atom stereocenters. The highest BCUT2D eigenvalue weighted by Gasteiger charge is 2.07. The average molecular weight is 288 g/mol. The van der Waals surface area contributed by atoms with Gasteiger partial charge in [0.1, 0.15) is 5.76 Å². The van der Waals surface area contributed by atoms with Crippen LogP contribution in [0, 0.1) is 0 Å². The van der Waals surface area contributed by atoms with E-state index in [1.807, 2.05) is 31.1 Å². The number of furan rings is 1. The van der Waals surface area contributed by atoms with Gasteiger partial charge >= 0.3 is 0 Å². The highest BCUT2D eigenvalue weighted by atomic mass is 16.3. The molecule has 0 saturated heterocycles.